The molecule has 1 aromatic rings. The summed E-state index contributed by atoms with van der Waals surface area (Å²) in [7, 11) is 0. The summed E-state index contributed by atoms with van der Waals surface area (Å²) >= 11 is 12.0. The van der Waals surface area contributed by atoms with Crippen LogP contribution in [0.3, 0.4) is 0 Å². The fourth-order valence-corrected chi connectivity index (χ4v) is 1.84. The SMILES string of the molecule is Clc1ccc2c(c1Cl)NCCNC2. The van der Waals surface area contributed by atoms with E-state index in [0.29, 0.717) is 10.0 Å². The molecule has 2 rings (SSSR count). The molecule has 0 radical (unpaired) electrons. The van der Waals surface area contributed by atoms with Crippen LogP contribution in [0.1, 0.15) is 5.56 Å². The van der Waals surface area contributed by atoms with Gasteiger partial charge in [0, 0.05) is 19.6 Å². The minimum Gasteiger partial charge on any atom is -0.382 e. The molecule has 4 heteroatoms. The van der Waals surface area contributed by atoms with Gasteiger partial charge in [0.05, 0.1) is 15.7 Å². The first-order valence-electron chi connectivity index (χ1n) is 4.20. The van der Waals surface area contributed by atoms with E-state index < -0.39 is 0 Å². The second kappa shape index (κ2) is 3.74. The average Bonchev–Trinajstić information content (AvgIpc) is 2.36. The zero-order chi connectivity index (χ0) is 9.26. The Bertz CT molecular complexity index is 326. The lowest BCUT2D eigenvalue weighted by molar-refractivity contribution is 0.725. The minimum absolute atomic E-state index is 0.606. The monoisotopic (exact) mass is 216 g/mol. The van der Waals surface area contributed by atoms with Crippen molar-refractivity contribution in [3.63, 3.8) is 0 Å². The molecule has 13 heavy (non-hydrogen) atoms. The average molecular weight is 217 g/mol. The molecule has 0 saturated heterocycles. The van der Waals surface area contributed by atoms with Crippen LogP contribution in [-0.2, 0) is 6.54 Å². The molecule has 2 nitrogen and oxygen atoms in total. The summed E-state index contributed by atoms with van der Waals surface area (Å²) in [4.78, 5) is 0. The molecule has 1 aliphatic rings. The zero-order valence-electron chi connectivity index (χ0n) is 7.03. The highest BCUT2D eigenvalue weighted by Crippen LogP contribution is 2.33. The van der Waals surface area contributed by atoms with E-state index in [4.69, 9.17) is 23.2 Å². The topological polar surface area (TPSA) is 24.1 Å². The number of halogens is 2. The minimum atomic E-state index is 0.606. The normalized spacial score (nSPS) is 15.8. The summed E-state index contributed by atoms with van der Waals surface area (Å²) in [6.45, 7) is 2.68. The summed E-state index contributed by atoms with van der Waals surface area (Å²) in [5.41, 5.74) is 2.14. The second-order valence-electron chi connectivity index (χ2n) is 3.00. The van der Waals surface area contributed by atoms with Gasteiger partial charge in [0.2, 0.25) is 0 Å². The second-order valence-corrected chi connectivity index (χ2v) is 3.78. The Morgan fingerprint density at radius 2 is 2.00 bits per heavy atom. The van der Waals surface area contributed by atoms with Crippen molar-refractivity contribution >= 4 is 28.9 Å². The molecular formula is C9H10Cl2N2. The van der Waals surface area contributed by atoms with Crippen LogP contribution in [0.15, 0.2) is 12.1 Å². The van der Waals surface area contributed by atoms with Crippen LogP contribution < -0.4 is 10.6 Å². The third kappa shape index (κ3) is 1.75. The quantitative estimate of drug-likeness (QED) is 0.697. The number of hydrogen-bond acceptors (Lipinski definition) is 2. The van der Waals surface area contributed by atoms with Gasteiger partial charge in [-0.15, -0.1) is 0 Å². The van der Waals surface area contributed by atoms with Gasteiger partial charge in [-0.05, 0) is 11.6 Å². The number of hydrogen-bond donors (Lipinski definition) is 2. The standard InChI is InChI=1S/C9H10Cl2N2/c10-7-2-1-6-5-12-3-4-13-9(6)8(7)11/h1-2,12-13H,3-5H2. The Labute approximate surface area is 87.2 Å². The van der Waals surface area contributed by atoms with Crippen LogP contribution in [0.2, 0.25) is 10.0 Å². The number of benzene rings is 1. The van der Waals surface area contributed by atoms with Crippen molar-refractivity contribution in [1.82, 2.24) is 5.32 Å². The first-order chi connectivity index (χ1) is 6.29. The number of fused-ring (bicyclic) bond motifs is 1. The molecule has 0 unspecified atom stereocenters. The van der Waals surface area contributed by atoms with E-state index in [1.54, 1.807) is 0 Å². The Morgan fingerprint density at radius 1 is 1.15 bits per heavy atom. The largest absolute Gasteiger partial charge is 0.382 e. The van der Waals surface area contributed by atoms with Crippen LogP contribution in [-0.4, -0.2) is 13.1 Å². The summed E-state index contributed by atoms with van der Waals surface area (Å²) in [5, 5.41) is 7.78. The van der Waals surface area contributed by atoms with Crippen molar-refractivity contribution in [2.75, 3.05) is 18.4 Å². The van der Waals surface area contributed by atoms with Crippen LogP contribution in [0.25, 0.3) is 0 Å². The van der Waals surface area contributed by atoms with Gasteiger partial charge < -0.3 is 10.6 Å². The maximum absolute atomic E-state index is 6.06. The van der Waals surface area contributed by atoms with E-state index in [2.05, 4.69) is 10.6 Å². The molecular weight excluding hydrogens is 207 g/mol. The maximum Gasteiger partial charge on any atom is 0.0826 e. The molecule has 0 aliphatic carbocycles. The molecule has 0 spiro atoms. The summed E-state index contributed by atoms with van der Waals surface area (Å²) < 4.78 is 0. The zero-order valence-corrected chi connectivity index (χ0v) is 8.54. The molecule has 0 atom stereocenters. The van der Waals surface area contributed by atoms with Gasteiger partial charge in [-0.1, -0.05) is 29.3 Å². The lowest BCUT2D eigenvalue weighted by Crippen LogP contribution is -2.16. The first-order valence-corrected chi connectivity index (χ1v) is 4.96. The lowest BCUT2D eigenvalue weighted by Gasteiger charge is -2.09. The Morgan fingerprint density at radius 3 is 2.85 bits per heavy atom. The molecule has 1 aliphatic heterocycles. The van der Waals surface area contributed by atoms with E-state index in [-0.39, 0.29) is 0 Å². The van der Waals surface area contributed by atoms with Crippen LogP contribution in [0.4, 0.5) is 5.69 Å². The number of rotatable bonds is 0. The van der Waals surface area contributed by atoms with Crippen LogP contribution >= 0.6 is 23.2 Å². The van der Waals surface area contributed by atoms with Gasteiger partial charge in [-0.2, -0.15) is 0 Å². The van der Waals surface area contributed by atoms with Crippen molar-refractivity contribution in [2.24, 2.45) is 0 Å². The number of anilines is 1. The Kier molecular flexibility index (Phi) is 2.63. The Balaban J connectivity index is 2.48. The predicted octanol–water partition coefficient (Wildman–Crippen LogP) is 2.51. The van der Waals surface area contributed by atoms with Gasteiger partial charge >= 0.3 is 0 Å². The van der Waals surface area contributed by atoms with Gasteiger partial charge in [0.25, 0.3) is 0 Å². The number of nitrogens with one attached hydrogen (secondary N) is 2. The van der Waals surface area contributed by atoms with Crippen LogP contribution in [0.5, 0.6) is 0 Å². The molecule has 0 saturated carbocycles. The van der Waals surface area contributed by atoms with Crippen LogP contribution in [0, 0.1) is 0 Å². The highest BCUT2D eigenvalue weighted by Gasteiger charge is 2.12. The lowest BCUT2D eigenvalue weighted by atomic mass is 10.2. The molecule has 0 bridgehead atoms. The van der Waals surface area contributed by atoms with E-state index >= 15 is 0 Å². The Hall–Kier alpha value is -0.440. The molecule has 0 fully saturated rings. The molecule has 0 aromatic heterocycles. The summed E-state index contributed by atoms with van der Waals surface area (Å²) in [5.74, 6) is 0. The molecule has 1 heterocycles. The molecule has 1 aromatic carbocycles. The summed E-state index contributed by atoms with van der Waals surface area (Å²) in [6.07, 6.45) is 0. The smallest absolute Gasteiger partial charge is 0.0826 e. The first kappa shape index (κ1) is 9.13. The van der Waals surface area contributed by atoms with E-state index in [1.165, 1.54) is 5.56 Å². The van der Waals surface area contributed by atoms with Gasteiger partial charge in [-0.25, -0.2) is 0 Å². The maximum atomic E-state index is 6.06. The van der Waals surface area contributed by atoms with Crippen molar-refractivity contribution in [3.05, 3.63) is 27.7 Å². The molecule has 2 N–H and O–H groups in total. The van der Waals surface area contributed by atoms with Gasteiger partial charge in [-0.3, -0.25) is 0 Å². The van der Waals surface area contributed by atoms with E-state index in [0.717, 1.165) is 25.3 Å². The van der Waals surface area contributed by atoms with Crippen molar-refractivity contribution in [2.45, 2.75) is 6.54 Å². The van der Waals surface area contributed by atoms with Crippen molar-refractivity contribution in [1.29, 1.82) is 0 Å². The highest BCUT2D eigenvalue weighted by molar-refractivity contribution is 6.43. The van der Waals surface area contributed by atoms with Gasteiger partial charge in [0.1, 0.15) is 0 Å². The predicted molar refractivity (Wildman–Crippen MR) is 56.7 cm³/mol. The van der Waals surface area contributed by atoms with E-state index in [9.17, 15) is 0 Å². The fourth-order valence-electron chi connectivity index (χ4n) is 1.43. The van der Waals surface area contributed by atoms with Gasteiger partial charge in [0.15, 0.2) is 0 Å². The summed E-state index contributed by atoms with van der Waals surface area (Å²) in [6, 6.07) is 3.83. The molecule has 0 amide bonds. The fraction of sp³-hybridized carbons (Fsp3) is 0.333. The highest BCUT2D eigenvalue weighted by atomic mass is 35.5. The van der Waals surface area contributed by atoms with Crippen molar-refractivity contribution < 1.29 is 0 Å². The third-order valence-electron chi connectivity index (χ3n) is 2.10. The van der Waals surface area contributed by atoms with Crippen molar-refractivity contribution in [3.8, 4) is 0 Å². The van der Waals surface area contributed by atoms with E-state index in [1.807, 2.05) is 12.1 Å². The third-order valence-corrected chi connectivity index (χ3v) is 2.90. The molecule has 70 valence electrons.